The molecule has 0 saturated carbocycles. The van der Waals surface area contributed by atoms with Gasteiger partial charge >= 0.3 is 0 Å². The zero-order chi connectivity index (χ0) is 10.3. The van der Waals surface area contributed by atoms with Crippen molar-refractivity contribution >= 4 is 0 Å². The zero-order valence-electron chi connectivity index (χ0n) is 9.26. The maximum Gasteiger partial charge on any atom is 0.112 e. The minimum absolute atomic E-state index is 0.284. The van der Waals surface area contributed by atoms with E-state index in [0.717, 1.165) is 17.9 Å². The molecule has 0 bridgehead atoms. The van der Waals surface area contributed by atoms with Gasteiger partial charge in [-0.25, -0.2) is 0 Å². The van der Waals surface area contributed by atoms with Crippen molar-refractivity contribution in [2.45, 2.75) is 39.5 Å². The molecular formula is C12H19NO. The average molecular weight is 193 g/mol. The Labute approximate surface area is 85.5 Å². The third-order valence-electron chi connectivity index (χ3n) is 3.50. The van der Waals surface area contributed by atoms with E-state index in [-0.39, 0.29) is 5.41 Å². The van der Waals surface area contributed by atoms with Crippen molar-refractivity contribution in [3.8, 4) is 0 Å². The number of aryl methyl sites for hydroxylation is 2. The van der Waals surface area contributed by atoms with Gasteiger partial charge in [-0.05, 0) is 36.8 Å². The molecule has 2 heteroatoms. The van der Waals surface area contributed by atoms with Gasteiger partial charge in [0.25, 0.3) is 0 Å². The second-order valence-electron chi connectivity index (χ2n) is 5.02. The van der Waals surface area contributed by atoms with E-state index in [0.29, 0.717) is 12.5 Å². The number of fused-ring (bicyclic) bond motifs is 1. The van der Waals surface area contributed by atoms with Crippen molar-refractivity contribution < 1.29 is 4.42 Å². The summed E-state index contributed by atoms with van der Waals surface area (Å²) in [4.78, 5) is 0. The van der Waals surface area contributed by atoms with Crippen molar-refractivity contribution in [1.82, 2.24) is 0 Å². The maximum absolute atomic E-state index is 5.84. The van der Waals surface area contributed by atoms with Crippen LogP contribution in [0.4, 0.5) is 0 Å². The Hall–Kier alpha value is -0.760. The third-order valence-corrected chi connectivity index (χ3v) is 3.50. The minimum Gasteiger partial charge on any atom is -0.466 e. The second-order valence-corrected chi connectivity index (χ2v) is 5.02. The Morgan fingerprint density at radius 3 is 2.93 bits per heavy atom. The lowest BCUT2D eigenvalue weighted by Crippen LogP contribution is -2.32. The van der Waals surface area contributed by atoms with Gasteiger partial charge < -0.3 is 10.2 Å². The average Bonchev–Trinajstić information content (AvgIpc) is 2.44. The summed E-state index contributed by atoms with van der Waals surface area (Å²) in [6.45, 7) is 7.27. The predicted octanol–water partition coefficient (Wildman–Crippen LogP) is 2.60. The molecule has 0 amide bonds. The molecule has 14 heavy (non-hydrogen) atoms. The Morgan fingerprint density at radius 2 is 2.29 bits per heavy atom. The van der Waals surface area contributed by atoms with Crippen molar-refractivity contribution in [3.05, 3.63) is 23.2 Å². The molecule has 1 aliphatic carbocycles. The minimum atomic E-state index is 0.284. The molecular weight excluding hydrogens is 174 g/mol. The molecule has 78 valence electrons. The Balaban J connectivity index is 2.44. The van der Waals surface area contributed by atoms with Crippen LogP contribution in [-0.2, 0) is 6.42 Å². The van der Waals surface area contributed by atoms with Gasteiger partial charge in [0.1, 0.15) is 11.5 Å². The normalized spacial score (nSPS) is 24.7. The van der Waals surface area contributed by atoms with Crippen LogP contribution in [0.3, 0.4) is 0 Å². The highest BCUT2D eigenvalue weighted by molar-refractivity contribution is 5.29. The number of hydrogen-bond donors (Lipinski definition) is 1. The first-order chi connectivity index (χ1) is 6.54. The van der Waals surface area contributed by atoms with E-state index in [1.165, 1.54) is 12.0 Å². The lowest BCUT2D eigenvalue weighted by Gasteiger charge is -2.36. The molecule has 0 radical (unpaired) electrons. The molecule has 1 aromatic heterocycles. The Kier molecular flexibility index (Phi) is 2.18. The van der Waals surface area contributed by atoms with E-state index >= 15 is 0 Å². The van der Waals surface area contributed by atoms with Crippen molar-refractivity contribution in [2.24, 2.45) is 11.1 Å². The van der Waals surface area contributed by atoms with E-state index in [4.69, 9.17) is 10.2 Å². The van der Waals surface area contributed by atoms with Crippen LogP contribution in [0.25, 0.3) is 0 Å². The Morgan fingerprint density at radius 1 is 1.57 bits per heavy atom. The molecule has 1 unspecified atom stereocenters. The quantitative estimate of drug-likeness (QED) is 0.744. The molecule has 1 aromatic rings. The van der Waals surface area contributed by atoms with Gasteiger partial charge in [0, 0.05) is 12.5 Å². The lowest BCUT2D eigenvalue weighted by atomic mass is 9.69. The molecule has 1 atom stereocenters. The molecule has 1 heterocycles. The smallest absolute Gasteiger partial charge is 0.112 e. The van der Waals surface area contributed by atoms with Gasteiger partial charge in [-0.2, -0.15) is 0 Å². The molecule has 2 rings (SSSR count). The summed E-state index contributed by atoms with van der Waals surface area (Å²) in [5, 5.41) is 0. The largest absolute Gasteiger partial charge is 0.466 e. The standard InChI is InChI=1S/C12H19NO/c1-8-6-9-4-5-12(2,3)10(7-13)11(9)14-8/h6,10H,4-5,7,13H2,1-3H3. The third kappa shape index (κ3) is 1.38. The summed E-state index contributed by atoms with van der Waals surface area (Å²) in [7, 11) is 0. The van der Waals surface area contributed by atoms with E-state index in [2.05, 4.69) is 19.9 Å². The molecule has 2 N–H and O–H groups in total. The highest BCUT2D eigenvalue weighted by Gasteiger charge is 2.37. The van der Waals surface area contributed by atoms with Crippen LogP contribution in [0.15, 0.2) is 10.5 Å². The van der Waals surface area contributed by atoms with Crippen LogP contribution in [0.5, 0.6) is 0 Å². The van der Waals surface area contributed by atoms with Crippen LogP contribution >= 0.6 is 0 Å². The van der Waals surface area contributed by atoms with Gasteiger partial charge in [-0.15, -0.1) is 0 Å². The molecule has 0 fully saturated rings. The molecule has 1 aliphatic rings. The SMILES string of the molecule is Cc1cc2c(o1)C(CN)C(C)(C)CC2. The van der Waals surface area contributed by atoms with E-state index in [1.54, 1.807) is 0 Å². The van der Waals surface area contributed by atoms with Crippen LogP contribution in [0.2, 0.25) is 0 Å². The van der Waals surface area contributed by atoms with Crippen LogP contribution in [0.1, 0.15) is 43.3 Å². The monoisotopic (exact) mass is 193 g/mol. The number of rotatable bonds is 1. The number of furan rings is 1. The number of nitrogens with two attached hydrogens (primary N) is 1. The predicted molar refractivity (Wildman–Crippen MR) is 57.3 cm³/mol. The molecule has 0 aromatic carbocycles. The molecule has 0 saturated heterocycles. The van der Waals surface area contributed by atoms with Crippen LogP contribution in [0, 0.1) is 12.3 Å². The van der Waals surface area contributed by atoms with E-state index in [9.17, 15) is 0 Å². The lowest BCUT2D eigenvalue weighted by molar-refractivity contribution is 0.217. The van der Waals surface area contributed by atoms with Crippen molar-refractivity contribution in [3.63, 3.8) is 0 Å². The Bertz CT molecular complexity index is 338. The fourth-order valence-corrected chi connectivity index (χ4v) is 2.49. The summed E-state index contributed by atoms with van der Waals surface area (Å²) in [6, 6.07) is 2.16. The highest BCUT2D eigenvalue weighted by atomic mass is 16.3. The topological polar surface area (TPSA) is 39.2 Å². The molecule has 0 aliphatic heterocycles. The number of hydrogen-bond acceptors (Lipinski definition) is 2. The summed E-state index contributed by atoms with van der Waals surface area (Å²) in [5.74, 6) is 2.55. The second kappa shape index (κ2) is 3.13. The highest BCUT2D eigenvalue weighted by Crippen LogP contribution is 2.45. The van der Waals surface area contributed by atoms with Gasteiger partial charge in [-0.3, -0.25) is 0 Å². The summed E-state index contributed by atoms with van der Waals surface area (Å²) in [5.41, 5.74) is 7.50. The van der Waals surface area contributed by atoms with Gasteiger partial charge in [0.05, 0.1) is 0 Å². The summed E-state index contributed by atoms with van der Waals surface area (Å²) < 4.78 is 5.77. The maximum atomic E-state index is 5.84. The van der Waals surface area contributed by atoms with Crippen LogP contribution in [-0.4, -0.2) is 6.54 Å². The molecule has 0 spiro atoms. The van der Waals surface area contributed by atoms with Crippen molar-refractivity contribution in [1.29, 1.82) is 0 Å². The summed E-state index contributed by atoms with van der Waals surface area (Å²) >= 11 is 0. The van der Waals surface area contributed by atoms with Gasteiger partial charge in [0.2, 0.25) is 0 Å². The molecule has 2 nitrogen and oxygen atoms in total. The first kappa shape index (κ1) is 9.78. The zero-order valence-corrected chi connectivity index (χ0v) is 9.26. The van der Waals surface area contributed by atoms with Crippen molar-refractivity contribution in [2.75, 3.05) is 6.54 Å². The van der Waals surface area contributed by atoms with Gasteiger partial charge in [0.15, 0.2) is 0 Å². The fraction of sp³-hybridized carbons (Fsp3) is 0.667. The first-order valence-corrected chi connectivity index (χ1v) is 5.34. The van der Waals surface area contributed by atoms with Gasteiger partial charge in [-0.1, -0.05) is 13.8 Å². The first-order valence-electron chi connectivity index (χ1n) is 5.34. The fourth-order valence-electron chi connectivity index (χ4n) is 2.49. The van der Waals surface area contributed by atoms with Crippen LogP contribution < -0.4 is 5.73 Å². The van der Waals surface area contributed by atoms with E-state index < -0.39 is 0 Å². The summed E-state index contributed by atoms with van der Waals surface area (Å²) in [6.07, 6.45) is 2.34. The van der Waals surface area contributed by atoms with E-state index in [1.807, 2.05) is 6.92 Å².